The van der Waals surface area contributed by atoms with Gasteiger partial charge in [0.05, 0.1) is 21.6 Å². The molecule has 4 aromatic rings. The summed E-state index contributed by atoms with van der Waals surface area (Å²) in [6, 6.07) is 11.4. The second kappa shape index (κ2) is 5.61. The maximum absolute atomic E-state index is 12.7. The second-order valence-electron chi connectivity index (χ2n) is 5.38. The third kappa shape index (κ3) is 2.38. The minimum absolute atomic E-state index is 0.0252. The molecule has 0 saturated carbocycles. The summed E-state index contributed by atoms with van der Waals surface area (Å²) >= 11 is 12.1. The zero-order chi connectivity index (χ0) is 17.7. The van der Waals surface area contributed by atoms with Crippen molar-refractivity contribution in [1.29, 1.82) is 0 Å². The van der Waals surface area contributed by atoms with Gasteiger partial charge < -0.3 is 5.11 Å². The smallest absolute Gasteiger partial charge is 0.341 e. The first-order valence-electron chi connectivity index (χ1n) is 7.19. The molecule has 0 amide bonds. The average Bonchev–Trinajstić information content (AvgIpc) is 2.94. The molecule has 0 atom stereocenters. The fourth-order valence-corrected chi connectivity index (χ4v) is 3.28. The van der Waals surface area contributed by atoms with Crippen molar-refractivity contribution >= 4 is 45.7 Å². The van der Waals surface area contributed by atoms with E-state index in [0.29, 0.717) is 21.5 Å². The molecule has 8 heteroatoms. The van der Waals surface area contributed by atoms with Crippen LogP contribution in [0.5, 0.6) is 0 Å². The number of aromatic nitrogens is 3. The number of carboxylic acid groups (broad SMARTS) is 1. The monoisotopic (exact) mass is 373 g/mol. The van der Waals surface area contributed by atoms with E-state index < -0.39 is 5.97 Å². The summed E-state index contributed by atoms with van der Waals surface area (Å²) in [6.07, 6.45) is 0. The summed E-state index contributed by atoms with van der Waals surface area (Å²) in [4.78, 5) is 28.9. The highest BCUT2D eigenvalue weighted by atomic mass is 35.5. The van der Waals surface area contributed by atoms with Crippen LogP contribution in [-0.2, 0) is 0 Å². The third-order valence-electron chi connectivity index (χ3n) is 3.89. The fraction of sp³-hybridized carbons (Fsp3) is 0. The highest BCUT2D eigenvalue weighted by molar-refractivity contribution is 6.36. The third-order valence-corrected chi connectivity index (χ3v) is 4.44. The summed E-state index contributed by atoms with van der Waals surface area (Å²) in [5, 5.41) is 13.6. The average molecular weight is 374 g/mol. The van der Waals surface area contributed by atoms with Gasteiger partial charge in [-0.15, -0.1) is 0 Å². The van der Waals surface area contributed by atoms with Crippen LogP contribution in [-0.4, -0.2) is 25.7 Å². The van der Waals surface area contributed by atoms with E-state index in [9.17, 15) is 14.7 Å². The maximum atomic E-state index is 12.7. The van der Waals surface area contributed by atoms with Crippen LogP contribution in [0.15, 0.2) is 47.3 Å². The van der Waals surface area contributed by atoms with E-state index in [1.54, 1.807) is 36.4 Å². The number of nitrogens with one attached hydrogen (secondary N) is 1. The Hall–Kier alpha value is -2.83. The van der Waals surface area contributed by atoms with Crippen molar-refractivity contribution in [2.45, 2.75) is 0 Å². The van der Waals surface area contributed by atoms with E-state index >= 15 is 0 Å². The summed E-state index contributed by atoms with van der Waals surface area (Å²) in [6.45, 7) is 0. The van der Waals surface area contributed by atoms with Crippen LogP contribution < -0.4 is 5.56 Å². The molecule has 2 aromatic heterocycles. The van der Waals surface area contributed by atoms with Gasteiger partial charge in [-0.1, -0.05) is 35.3 Å². The summed E-state index contributed by atoms with van der Waals surface area (Å²) in [7, 11) is 0. The molecule has 0 fully saturated rings. The van der Waals surface area contributed by atoms with Gasteiger partial charge in [-0.2, -0.15) is 4.52 Å². The van der Waals surface area contributed by atoms with Crippen molar-refractivity contribution in [2.75, 3.05) is 0 Å². The number of H-pyrrole nitrogens is 1. The van der Waals surface area contributed by atoms with Gasteiger partial charge in [0.2, 0.25) is 0 Å². The largest absolute Gasteiger partial charge is 0.477 e. The Morgan fingerprint density at radius 2 is 1.92 bits per heavy atom. The number of halogens is 2. The Bertz CT molecular complexity index is 1230. The first kappa shape index (κ1) is 15.7. The highest BCUT2D eigenvalue weighted by Crippen LogP contribution is 2.33. The van der Waals surface area contributed by atoms with Crippen molar-refractivity contribution < 1.29 is 9.90 Å². The minimum Gasteiger partial charge on any atom is -0.477 e. The van der Waals surface area contributed by atoms with Crippen LogP contribution in [0.4, 0.5) is 0 Å². The van der Waals surface area contributed by atoms with Crippen molar-refractivity contribution in [3.8, 4) is 11.3 Å². The number of hydrogen-bond acceptors (Lipinski definition) is 3. The van der Waals surface area contributed by atoms with Crippen molar-refractivity contribution in [2.24, 2.45) is 0 Å². The quantitative estimate of drug-likeness (QED) is 0.558. The molecule has 124 valence electrons. The Kier molecular flexibility index (Phi) is 3.52. The Labute approximate surface area is 150 Å². The lowest BCUT2D eigenvalue weighted by atomic mass is 10.1. The van der Waals surface area contributed by atoms with Gasteiger partial charge in [-0.05, 0) is 30.3 Å². The molecule has 0 aliphatic carbocycles. The number of carbonyl (C=O) groups is 1. The number of hydrogen-bond donors (Lipinski definition) is 2. The van der Waals surface area contributed by atoms with Gasteiger partial charge in [0.15, 0.2) is 5.65 Å². The van der Waals surface area contributed by atoms with Crippen molar-refractivity contribution in [3.05, 3.63) is 68.4 Å². The van der Waals surface area contributed by atoms with E-state index in [0.717, 1.165) is 4.52 Å². The molecule has 2 heterocycles. The first-order valence-corrected chi connectivity index (χ1v) is 7.95. The molecule has 0 aliphatic heterocycles. The number of nitrogens with zero attached hydrogens (tertiary/aromatic N) is 2. The van der Waals surface area contributed by atoms with Gasteiger partial charge in [0.25, 0.3) is 5.56 Å². The van der Waals surface area contributed by atoms with Gasteiger partial charge in [-0.3, -0.25) is 9.89 Å². The van der Waals surface area contributed by atoms with Gasteiger partial charge in [0, 0.05) is 10.6 Å². The Morgan fingerprint density at radius 1 is 1.16 bits per heavy atom. The molecular formula is C17H9Cl2N3O3. The van der Waals surface area contributed by atoms with E-state index in [1.165, 1.54) is 6.07 Å². The lowest BCUT2D eigenvalue weighted by Crippen LogP contribution is -2.15. The molecule has 25 heavy (non-hydrogen) atoms. The van der Waals surface area contributed by atoms with Crippen LogP contribution in [0.3, 0.4) is 0 Å². The number of fused-ring (bicyclic) bond motifs is 2. The normalized spacial score (nSPS) is 11.3. The summed E-state index contributed by atoms with van der Waals surface area (Å²) in [5.41, 5.74) is 0.526. The van der Waals surface area contributed by atoms with E-state index in [-0.39, 0.29) is 27.5 Å². The van der Waals surface area contributed by atoms with Gasteiger partial charge in [0.1, 0.15) is 5.56 Å². The molecule has 0 unspecified atom stereocenters. The predicted octanol–water partition coefficient (Wildman–Crippen LogP) is 3.85. The van der Waals surface area contributed by atoms with Crippen LogP contribution in [0.1, 0.15) is 10.4 Å². The maximum Gasteiger partial charge on any atom is 0.341 e. The zero-order valence-corrected chi connectivity index (χ0v) is 14.0. The lowest BCUT2D eigenvalue weighted by molar-refractivity contribution is 0.0699. The Balaban J connectivity index is 2.17. The SMILES string of the molecule is O=C(O)c1c(-c2ccc(Cl)cc2Cl)[nH]n2c(=O)c3ccccc3nc12. The number of para-hydroxylation sites is 1. The molecule has 0 bridgehead atoms. The fourth-order valence-electron chi connectivity index (χ4n) is 2.77. The molecule has 0 spiro atoms. The van der Waals surface area contributed by atoms with Crippen LogP contribution in [0.2, 0.25) is 10.0 Å². The topological polar surface area (TPSA) is 87.5 Å². The molecule has 6 nitrogen and oxygen atoms in total. The molecule has 2 N–H and O–H groups in total. The first-order chi connectivity index (χ1) is 12.0. The Morgan fingerprint density at radius 3 is 2.64 bits per heavy atom. The zero-order valence-electron chi connectivity index (χ0n) is 12.5. The van der Waals surface area contributed by atoms with Crippen molar-refractivity contribution in [1.82, 2.24) is 14.6 Å². The molecular weight excluding hydrogens is 365 g/mol. The van der Waals surface area contributed by atoms with Gasteiger partial charge in [-0.25, -0.2) is 9.78 Å². The predicted molar refractivity (Wildman–Crippen MR) is 95.7 cm³/mol. The van der Waals surface area contributed by atoms with Gasteiger partial charge >= 0.3 is 5.97 Å². The molecule has 0 saturated heterocycles. The highest BCUT2D eigenvalue weighted by Gasteiger charge is 2.24. The standard InChI is InChI=1S/C17H9Cl2N3O3/c18-8-5-6-9(11(19)7-8)14-13(17(24)25)15-20-12-4-2-1-3-10(12)16(23)22(15)21-14/h1-7,21H,(H,24,25). The molecule has 0 radical (unpaired) electrons. The number of aromatic amines is 1. The second-order valence-corrected chi connectivity index (χ2v) is 6.23. The van der Waals surface area contributed by atoms with Crippen LogP contribution >= 0.6 is 23.2 Å². The minimum atomic E-state index is -1.22. The van der Waals surface area contributed by atoms with E-state index in [4.69, 9.17) is 23.2 Å². The van der Waals surface area contributed by atoms with Crippen LogP contribution in [0, 0.1) is 0 Å². The lowest BCUT2D eigenvalue weighted by Gasteiger charge is -2.03. The van der Waals surface area contributed by atoms with Crippen molar-refractivity contribution in [3.63, 3.8) is 0 Å². The van der Waals surface area contributed by atoms with Crippen LogP contribution in [0.25, 0.3) is 27.8 Å². The number of carboxylic acids is 1. The summed E-state index contributed by atoms with van der Waals surface area (Å²) in [5.74, 6) is -1.22. The number of aromatic carboxylic acids is 1. The summed E-state index contributed by atoms with van der Waals surface area (Å²) < 4.78 is 1.12. The van der Waals surface area contributed by atoms with E-state index in [1.807, 2.05) is 0 Å². The molecule has 4 rings (SSSR count). The molecule has 0 aliphatic rings. The number of benzene rings is 2. The number of rotatable bonds is 2. The molecule has 2 aromatic carbocycles. The van der Waals surface area contributed by atoms with E-state index in [2.05, 4.69) is 10.1 Å².